The Kier molecular flexibility index (Phi) is 4.69. The summed E-state index contributed by atoms with van der Waals surface area (Å²) in [6, 6.07) is 16.0. The first-order chi connectivity index (χ1) is 13.1. The van der Waals surface area contributed by atoms with Gasteiger partial charge in [-0.3, -0.25) is 0 Å². The Hall–Kier alpha value is -3.04. The number of sulfonamides is 1. The average molecular weight is 383 g/mol. The summed E-state index contributed by atoms with van der Waals surface area (Å²) in [6.07, 6.45) is 3.11. The van der Waals surface area contributed by atoms with Gasteiger partial charge in [-0.15, -0.1) is 0 Å². The van der Waals surface area contributed by atoms with Crippen LogP contribution in [0.5, 0.6) is 0 Å². The monoisotopic (exact) mass is 383 g/mol. The summed E-state index contributed by atoms with van der Waals surface area (Å²) >= 11 is 0. The van der Waals surface area contributed by atoms with E-state index in [1.807, 2.05) is 42.5 Å². The van der Waals surface area contributed by atoms with E-state index >= 15 is 0 Å². The molecule has 0 fully saturated rings. The van der Waals surface area contributed by atoms with Crippen molar-refractivity contribution in [2.75, 3.05) is 0 Å². The van der Waals surface area contributed by atoms with E-state index in [0.29, 0.717) is 16.7 Å². The van der Waals surface area contributed by atoms with Crippen molar-refractivity contribution in [3.63, 3.8) is 0 Å². The Balaban J connectivity index is 1.59. The van der Waals surface area contributed by atoms with E-state index < -0.39 is 16.1 Å². The highest BCUT2D eigenvalue weighted by atomic mass is 32.2. The molecule has 0 amide bonds. The van der Waals surface area contributed by atoms with E-state index in [2.05, 4.69) is 20.1 Å². The number of benzene rings is 2. The van der Waals surface area contributed by atoms with Crippen LogP contribution in [-0.2, 0) is 22.3 Å². The molecule has 1 N–H and O–H groups in total. The average Bonchev–Trinajstić information content (AvgIpc) is 3.32. The highest BCUT2D eigenvalue weighted by Crippen LogP contribution is 2.21. The van der Waals surface area contributed by atoms with Crippen LogP contribution in [-0.4, -0.2) is 28.6 Å². The Bertz CT molecular complexity index is 1120. The maximum Gasteiger partial charge on any atom is 0.218 e. The Morgan fingerprint density at radius 3 is 2.48 bits per heavy atom. The van der Waals surface area contributed by atoms with E-state index in [0.717, 1.165) is 5.56 Å². The van der Waals surface area contributed by atoms with Gasteiger partial charge in [0.25, 0.3) is 0 Å². The molecule has 8 nitrogen and oxygen atoms in total. The van der Waals surface area contributed by atoms with Crippen molar-refractivity contribution in [1.82, 2.24) is 24.9 Å². The van der Waals surface area contributed by atoms with Crippen LogP contribution in [0, 0.1) is 0 Å². The predicted molar refractivity (Wildman–Crippen MR) is 99.0 cm³/mol. The highest BCUT2D eigenvalue weighted by molar-refractivity contribution is 7.88. The van der Waals surface area contributed by atoms with Gasteiger partial charge in [-0.05, 0) is 17.7 Å². The number of hydrogen-bond donors (Lipinski definition) is 1. The molecule has 0 saturated heterocycles. The van der Waals surface area contributed by atoms with Crippen molar-refractivity contribution in [3.05, 3.63) is 78.2 Å². The van der Waals surface area contributed by atoms with Crippen molar-refractivity contribution < 1.29 is 12.9 Å². The SMILES string of the molecule is O=S(=O)(Cc1noc2ccccc12)N[C@@H](Cn1nccn1)c1ccccc1. The summed E-state index contributed by atoms with van der Waals surface area (Å²) in [6.45, 7) is 0.274. The molecule has 0 aliphatic carbocycles. The molecule has 2 aromatic carbocycles. The minimum Gasteiger partial charge on any atom is -0.356 e. The third kappa shape index (κ3) is 4.04. The molecule has 138 valence electrons. The fourth-order valence-corrected chi connectivity index (χ4v) is 4.17. The molecule has 9 heteroatoms. The second-order valence-corrected chi connectivity index (χ2v) is 7.80. The third-order valence-electron chi connectivity index (χ3n) is 4.12. The lowest BCUT2D eigenvalue weighted by molar-refractivity contribution is 0.440. The molecule has 2 heterocycles. The second-order valence-electron chi connectivity index (χ2n) is 6.05. The number of nitrogens with zero attached hydrogens (tertiary/aromatic N) is 4. The molecule has 4 aromatic rings. The fourth-order valence-electron chi connectivity index (χ4n) is 2.88. The van der Waals surface area contributed by atoms with Gasteiger partial charge in [0.2, 0.25) is 10.0 Å². The molecular formula is C18H17N5O3S. The van der Waals surface area contributed by atoms with Gasteiger partial charge in [0, 0.05) is 5.39 Å². The first-order valence-electron chi connectivity index (χ1n) is 8.33. The summed E-state index contributed by atoms with van der Waals surface area (Å²) in [4.78, 5) is 1.45. The highest BCUT2D eigenvalue weighted by Gasteiger charge is 2.23. The zero-order valence-electron chi connectivity index (χ0n) is 14.3. The van der Waals surface area contributed by atoms with Crippen molar-refractivity contribution in [2.45, 2.75) is 18.3 Å². The Labute approximate surface area is 155 Å². The van der Waals surface area contributed by atoms with Crippen LogP contribution in [0.2, 0.25) is 0 Å². The van der Waals surface area contributed by atoms with Gasteiger partial charge in [-0.25, -0.2) is 13.1 Å². The van der Waals surface area contributed by atoms with Gasteiger partial charge >= 0.3 is 0 Å². The van der Waals surface area contributed by atoms with Crippen LogP contribution < -0.4 is 4.72 Å². The van der Waals surface area contributed by atoms with Crippen LogP contribution in [0.4, 0.5) is 0 Å². The topological polar surface area (TPSA) is 103 Å². The van der Waals surface area contributed by atoms with Gasteiger partial charge < -0.3 is 4.52 Å². The lowest BCUT2D eigenvalue weighted by Crippen LogP contribution is -2.33. The van der Waals surface area contributed by atoms with Crippen LogP contribution in [0.15, 0.2) is 71.5 Å². The summed E-state index contributed by atoms with van der Waals surface area (Å²) in [5.74, 6) is -0.278. The molecule has 0 aliphatic heterocycles. The minimum atomic E-state index is -3.69. The smallest absolute Gasteiger partial charge is 0.218 e. The molecular weight excluding hydrogens is 366 g/mol. The number of fused-ring (bicyclic) bond motifs is 1. The Morgan fingerprint density at radius 1 is 1.00 bits per heavy atom. The van der Waals surface area contributed by atoms with E-state index in [-0.39, 0.29) is 12.3 Å². The van der Waals surface area contributed by atoms with E-state index in [1.54, 1.807) is 24.5 Å². The van der Waals surface area contributed by atoms with Crippen LogP contribution in [0.25, 0.3) is 11.0 Å². The maximum atomic E-state index is 12.8. The first-order valence-corrected chi connectivity index (χ1v) is 9.98. The van der Waals surface area contributed by atoms with Gasteiger partial charge in [-0.2, -0.15) is 15.0 Å². The van der Waals surface area contributed by atoms with E-state index in [1.165, 1.54) is 4.80 Å². The van der Waals surface area contributed by atoms with Crippen LogP contribution in [0.1, 0.15) is 17.3 Å². The quantitative estimate of drug-likeness (QED) is 0.525. The third-order valence-corrected chi connectivity index (χ3v) is 5.41. The molecule has 1 atom stereocenters. The molecule has 2 aromatic heterocycles. The van der Waals surface area contributed by atoms with Gasteiger partial charge in [0.15, 0.2) is 5.58 Å². The lowest BCUT2D eigenvalue weighted by Gasteiger charge is -2.18. The number of nitrogens with one attached hydrogen (secondary N) is 1. The zero-order valence-corrected chi connectivity index (χ0v) is 15.1. The number of para-hydroxylation sites is 1. The molecule has 0 spiro atoms. The van der Waals surface area contributed by atoms with Gasteiger partial charge in [0.1, 0.15) is 11.4 Å². The molecule has 4 rings (SSSR count). The molecule has 0 aliphatic rings. The first kappa shape index (κ1) is 17.4. The summed E-state index contributed by atoms with van der Waals surface area (Å²) < 4.78 is 33.6. The van der Waals surface area contributed by atoms with Crippen LogP contribution >= 0.6 is 0 Å². The minimum absolute atomic E-state index is 0.274. The normalized spacial score (nSPS) is 13.0. The van der Waals surface area contributed by atoms with Gasteiger partial charge in [0.05, 0.1) is 25.0 Å². The molecule has 0 unspecified atom stereocenters. The van der Waals surface area contributed by atoms with Crippen molar-refractivity contribution >= 4 is 21.0 Å². The van der Waals surface area contributed by atoms with Crippen molar-refractivity contribution in [1.29, 1.82) is 0 Å². The van der Waals surface area contributed by atoms with Crippen LogP contribution in [0.3, 0.4) is 0 Å². The van der Waals surface area contributed by atoms with Crippen molar-refractivity contribution in [3.8, 4) is 0 Å². The van der Waals surface area contributed by atoms with E-state index in [4.69, 9.17) is 4.52 Å². The van der Waals surface area contributed by atoms with Gasteiger partial charge in [-0.1, -0.05) is 47.6 Å². The second kappa shape index (κ2) is 7.29. The number of hydrogen-bond acceptors (Lipinski definition) is 6. The molecule has 0 bridgehead atoms. The molecule has 27 heavy (non-hydrogen) atoms. The standard InChI is InChI=1S/C18H17N5O3S/c24-27(25,13-17-15-8-4-5-9-18(15)26-21-17)22-16(12-23-19-10-11-20-23)14-6-2-1-3-7-14/h1-11,16,22H,12-13H2/t16-/m0/s1. The predicted octanol–water partition coefficient (Wildman–Crippen LogP) is 2.28. The summed E-state index contributed by atoms with van der Waals surface area (Å²) in [5, 5.41) is 12.7. The maximum absolute atomic E-state index is 12.8. The molecule has 0 radical (unpaired) electrons. The lowest BCUT2D eigenvalue weighted by atomic mass is 10.1. The van der Waals surface area contributed by atoms with E-state index in [9.17, 15) is 8.42 Å². The number of aromatic nitrogens is 4. The largest absolute Gasteiger partial charge is 0.356 e. The zero-order chi connectivity index (χ0) is 18.7. The summed E-state index contributed by atoms with van der Waals surface area (Å²) in [5.41, 5.74) is 1.76. The summed E-state index contributed by atoms with van der Waals surface area (Å²) in [7, 11) is -3.69. The Morgan fingerprint density at radius 2 is 1.70 bits per heavy atom. The number of rotatable bonds is 7. The van der Waals surface area contributed by atoms with Crippen molar-refractivity contribution in [2.24, 2.45) is 0 Å². The fraction of sp³-hybridized carbons (Fsp3) is 0.167. The molecule has 0 saturated carbocycles.